The molecule has 2 heterocycles. The Morgan fingerprint density at radius 3 is 2.61 bits per heavy atom. The van der Waals surface area contributed by atoms with Crippen molar-refractivity contribution in [2.45, 2.75) is 6.92 Å². The number of nitrogens with zero attached hydrogens (tertiary/aromatic N) is 2. The highest BCUT2D eigenvalue weighted by Crippen LogP contribution is 2.33. The standard InChI is InChI=1S/C21H14ClN3O6/c1-11-2-3-12(9-17(11)22)24-21(28)16(20(27)23-24)10-14-5-7-19(31-14)15-8-13(25(29)30)4-6-18(15)26/h2-10,26H,1H3,(H,23,27)/p-1/b16-10+. The molecule has 0 spiro atoms. The molecule has 0 unspecified atom stereocenters. The number of hydrazine groups is 1. The molecule has 0 aliphatic carbocycles. The third kappa shape index (κ3) is 3.74. The molecule has 3 aromatic rings. The lowest BCUT2D eigenvalue weighted by molar-refractivity contribution is -0.385. The fraction of sp³-hybridized carbons (Fsp3) is 0.0476. The number of halogens is 1. The van der Waals surface area contributed by atoms with Crippen molar-refractivity contribution in [2.24, 2.45) is 0 Å². The first-order valence-electron chi connectivity index (χ1n) is 8.93. The van der Waals surface area contributed by atoms with Crippen molar-refractivity contribution in [1.29, 1.82) is 0 Å². The summed E-state index contributed by atoms with van der Waals surface area (Å²) in [5, 5.41) is 24.5. The molecule has 9 nitrogen and oxygen atoms in total. The molecule has 1 aliphatic heterocycles. The summed E-state index contributed by atoms with van der Waals surface area (Å²) in [7, 11) is 0. The zero-order chi connectivity index (χ0) is 22.3. The predicted molar refractivity (Wildman–Crippen MR) is 110 cm³/mol. The first-order chi connectivity index (χ1) is 14.7. The maximum atomic E-state index is 12.7. The smallest absolute Gasteiger partial charge is 0.282 e. The van der Waals surface area contributed by atoms with Gasteiger partial charge in [-0.2, -0.15) is 0 Å². The molecule has 0 bridgehead atoms. The van der Waals surface area contributed by atoms with Crippen molar-refractivity contribution in [3.63, 3.8) is 0 Å². The van der Waals surface area contributed by atoms with Crippen LogP contribution in [0.5, 0.6) is 5.75 Å². The van der Waals surface area contributed by atoms with Gasteiger partial charge in [0, 0.05) is 22.7 Å². The number of nitro groups is 1. The second kappa shape index (κ2) is 7.62. The van der Waals surface area contributed by atoms with Crippen LogP contribution in [0, 0.1) is 17.0 Å². The van der Waals surface area contributed by atoms with Crippen LogP contribution in [0.2, 0.25) is 5.02 Å². The van der Waals surface area contributed by atoms with Gasteiger partial charge in [-0.15, -0.1) is 0 Å². The molecule has 1 fully saturated rings. The first-order valence-corrected chi connectivity index (χ1v) is 9.31. The van der Waals surface area contributed by atoms with E-state index in [4.69, 9.17) is 16.0 Å². The highest BCUT2D eigenvalue weighted by atomic mass is 35.5. The zero-order valence-electron chi connectivity index (χ0n) is 15.9. The summed E-state index contributed by atoms with van der Waals surface area (Å²) in [6.07, 6.45) is 1.23. The summed E-state index contributed by atoms with van der Waals surface area (Å²) in [6, 6.07) is 11.1. The fourth-order valence-corrected chi connectivity index (χ4v) is 3.18. The number of nitro benzene ring substituents is 1. The Morgan fingerprint density at radius 2 is 1.90 bits per heavy atom. The number of benzene rings is 2. The van der Waals surface area contributed by atoms with Gasteiger partial charge in [-0.05, 0) is 42.8 Å². The van der Waals surface area contributed by atoms with E-state index in [9.17, 15) is 24.8 Å². The van der Waals surface area contributed by atoms with Gasteiger partial charge in [-0.3, -0.25) is 25.1 Å². The molecule has 0 radical (unpaired) electrons. The number of amides is 2. The summed E-state index contributed by atoms with van der Waals surface area (Å²) in [4.78, 5) is 35.4. The van der Waals surface area contributed by atoms with Gasteiger partial charge in [0.1, 0.15) is 17.1 Å². The van der Waals surface area contributed by atoms with Crippen molar-refractivity contribution in [1.82, 2.24) is 5.43 Å². The minimum atomic E-state index is -0.639. The zero-order valence-corrected chi connectivity index (χ0v) is 16.7. The van der Waals surface area contributed by atoms with Crippen LogP contribution in [0.4, 0.5) is 11.4 Å². The van der Waals surface area contributed by atoms with E-state index in [1.54, 1.807) is 18.2 Å². The van der Waals surface area contributed by atoms with Gasteiger partial charge in [0.2, 0.25) is 0 Å². The highest BCUT2D eigenvalue weighted by molar-refractivity contribution is 6.33. The second-order valence-corrected chi connectivity index (χ2v) is 7.12. The number of anilines is 1. The number of non-ortho nitro benzene ring substituents is 1. The Balaban J connectivity index is 1.64. The number of aryl methyl sites for hydroxylation is 1. The van der Waals surface area contributed by atoms with Crippen molar-refractivity contribution in [3.8, 4) is 17.1 Å². The summed E-state index contributed by atoms with van der Waals surface area (Å²) >= 11 is 6.10. The van der Waals surface area contributed by atoms with Crippen LogP contribution in [0.15, 0.2) is 58.5 Å². The SMILES string of the molecule is Cc1ccc(N2NC(=O)/C(=C\c3ccc(-c4cc([N+](=O)[O-])ccc4[O-])o3)C2=O)cc1Cl. The van der Waals surface area contributed by atoms with Gasteiger partial charge in [-0.25, -0.2) is 5.01 Å². The molecule has 156 valence electrons. The van der Waals surface area contributed by atoms with E-state index in [0.29, 0.717) is 10.7 Å². The molecule has 2 aromatic carbocycles. The molecular formula is C21H13ClN3O6-. The number of rotatable bonds is 4. The van der Waals surface area contributed by atoms with Crippen molar-refractivity contribution >= 4 is 40.9 Å². The molecule has 1 N–H and O–H groups in total. The average molecular weight is 439 g/mol. The third-order valence-electron chi connectivity index (χ3n) is 4.66. The van der Waals surface area contributed by atoms with Crippen LogP contribution in [0.3, 0.4) is 0 Å². The number of nitrogens with one attached hydrogen (secondary N) is 1. The van der Waals surface area contributed by atoms with E-state index in [0.717, 1.165) is 28.8 Å². The van der Waals surface area contributed by atoms with E-state index in [-0.39, 0.29) is 28.3 Å². The summed E-state index contributed by atoms with van der Waals surface area (Å²) in [6.45, 7) is 1.81. The topological polar surface area (TPSA) is 129 Å². The van der Waals surface area contributed by atoms with E-state index in [1.807, 2.05) is 6.92 Å². The second-order valence-electron chi connectivity index (χ2n) is 6.71. The number of carbonyl (C=O) groups is 2. The number of furan rings is 1. The highest BCUT2D eigenvalue weighted by Gasteiger charge is 2.35. The largest absolute Gasteiger partial charge is 0.872 e. The Morgan fingerprint density at radius 1 is 1.13 bits per heavy atom. The molecule has 0 saturated carbocycles. The van der Waals surface area contributed by atoms with Crippen LogP contribution in [-0.2, 0) is 9.59 Å². The quantitative estimate of drug-likeness (QED) is 0.288. The van der Waals surface area contributed by atoms with Crippen molar-refractivity contribution < 1.29 is 24.0 Å². The van der Waals surface area contributed by atoms with Crippen LogP contribution in [-0.4, -0.2) is 16.7 Å². The molecule has 1 aromatic heterocycles. The molecule has 1 saturated heterocycles. The number of hydrogen-bond donors (Lipinski definition) is 1. The minimum absolute atomic E-state index is 0.00280. The Labute approximate surface area is 180 Å². The van der Waals surface area contributed by atoms with E-state index < -0.39 is 22.5 Å². The molecule has 10 heteroatoms. The monoisotopic (exact) mass is 438 g/mol. The fourth-order valence-electron chi connectivity index (χ4n) is 3.00. The Hall–Kier alpha value is -4.11. The molecular weight excluding hydrogens is 426 g/mol. The van der Waals surface area contributed by atoms with E-state index >= 15 is 0 Å². The minimum Gasteiger partial charge on any atom is -0.872 e. The van der Waals surface area contributed by atoms with Gasteiger partial charge < -0.3 is 9.52 Å². The normalized spacial score (nSPS) is 14.9. The maximum Gasteiger partial charge on any atom is 0.282 e. The molecule has 2 amide bonds. The maximum absolute atomic E-state index is 12.7. The van der Waals surface area contributed by atoms with Crippen molar-refractivity contribution in [3.05, 3.63) is 80.6 Å². The Bertz CT molecular complexity index is 1280. The van der Waals surface area contributed by atoms with Gasteiger partial charge in [0.05, 0.1) is 10.6 Å². The van der Waals surface area contributed by atoms with Gasteiger partial charge in [-0.1, -0.05) is 29.5 Å². The van der Waals surface area contributed by atoms with Crippen molar-refractivity contribution in [2.75, 3.05) is 5.01 Å². The lowest BCUT2D eigenvalue weighted by Gasteiger charge is -2.15. The molecule has 1 aliphatic rings. The summed E-state index contributed by atoms with van der Waals surface area (Å²) < 4.78 is 5.55. The van der Waals surface area contributed by atoms with E-state index in [2.05, 4.69) is 5.43 Å². The van der Waals surface area contributed by atoms with Crippen LogP contribution in [0.1, 0.15) is 11.3 Å². The first kappa shape index (κ1) is 20.2. The van der Waals surface area contributed by atoms with Gasteiger partial charge in [0.15, 0.2) is 0 Å². The Kier molecular flexibility index (Phi) is 4.96. The van der Waals surface area contributed by atoms with Gasteiger partial charge in [0.25, 0.3) is 17.5 Å². The number of hydrogen-bond acceptors (Lipinski definition) is 6. The summed E-state index contributed by atoms with van der Waals surface area (Å²) in [5.74, 6) is -1.50. The molecule has 0 atom stereocenters. The predicted octanol–water partition coefficient (Wildman–Crippen LogP) is 3.35. The van der Waals surface area contributed by atoms with Crippen LogP contribution >= 0.6 is 11.6 Å². The number of carbonyl (C=O) groups excluding carboxylic acids is 2. The average Bonchev–Trinajstić information content (AvgIpc) is 3.30. The van der Waals surface area contributed by atoms with E-state index in [1.165, 1.54) is 18.2 Å². The lowest BCUT2D eigenvalue weighted by Crippen LogP contribution is -2.35. The lowest BCUT2D eigenvalue weighted by atomic mass is 10.1. The molecule has 31 heavy (non-hydrogen) atoms. The van der Waals surface area contributed by atoms with Crippen LogP contribution in [0.25, 0.3) is 17.4 Å². The van der Waals surface area contributed by atoms with Gasteiger partial charge >= 0.3 is 0 Å². The summed E-state index contributed by atoms with van der Waals surface area (Å²) in [5.41, 5.74) is 3.23. The third-order valence-corrected chi connectivity index (χ3v) is 5.07. The van der Waals surface area contributed by atoms with Crippen LogP contribution < -0.4 is 15.5 Å². The molecule has 4 rings (SSSR count).